The van der Waals surface area contributed by atoms with Gasteiger partial charge in [-0.25, -0.2) is 4.99 Å². The Morgan fingerprint density at radius 3 is 2.33 bits per heavy atom. The summed E-state index contributed by atoms with van der Waals surface area (Å²) in [6, 6.07) is 7.57. The minimum Gasteiger partial charge on any atom is -0.598 e. The van der Waals surface area contributed by atoms with Crippen molar-refractivity contribution in [1.29, 1.82) is 0 Å². The molecule has 2 aliphatic heterocycles. The topological polar surface area (TPSA) is 208 Å². The molecule has 0 radical (unpaired) electrons. The van der Waals surface area contributed by atoms with Gasteiger partial charge in [0.15, 0.2) is 0 Å². The van der Waals surface area contributed by atoms with Crippen molar-refractivity contribution >= 4 is 59.8 Å². The number of carbonyl (C=O) groups is 4. The highest BCUT2D eigenvalue weighted by atomic mass is 32.2. The van der Waals surface area contributed by atoms with Crippen molar-refractivity contribution in [3.8, 4) is 0 Å². The Kier molecular flexibility index (Phi) is 19.4. The Morgan fingerprint density at radius 1 is 0.950 bits per heavy atom. The van der Waals surface area contributed by atoms with Crippen LogP contribution in [-0.4, -0.2) is 153 Å². The van der Waals surface area contributed by atoms with Crippen LogP contribution in [0.25, 0.3) is 0 Å². The molecule has 1 aromatic heterocycles. The Labute approximate surface area is 355 Å². The number of nitrogens with one attached hydrogen (secondary N) is 3. The van der Waals surface area contributed by atoms with Crippen molar-refractivity contribution in [2.45, 2.75) is 75.9 Å². The molecule has 1 aromatic carbocycles. The van der Waals surface area contributed by atoms with Gasteiger partial charge in [-0.1, -0.05) is 18.9 Å². The smallest absolute Gasteiger partial charge is 0.264 e. The summed E-state index contributed by atoms with van der Waals surface area (Å²) in [5.74, 6) is -0.211. The van der Waals surface area contributed by atoms with Crippen molar-refractivity contribution in [2.75, 3.05) is 90.5 Å². The first-order valence-corrected chi connectivity index (χ1v) is 22.3. The van der Waals surface area contributed by atoms with Crippen molar-refractivity contribution in [3.05, 3.63) is 57.4 Å². The first kappa shape index (κ1) is 46.8. The molecule has 2 atom stereocenters. The van der Waals surface area contributed by atoms with Gasteiger partial charge in [0.25, 0.3) is 17.4 Å². The molecule has 3 N–H and O–H groups in total. The van der Waals surface area contributed by atoms with E-state index >= 15 is 0 Å². The van der Waals surface area contributed by atoms with Crippen LogP contribution >= 0.6 is 0 Å². The van der Waals surface area contributed by atoms with Crippen LogP contribution in [0.15, 0.2) is 45.1 Å². The summed E-state index contributed by atoms with van der Waals surface area (Å²) in [7, 11) is 1.48. The summed E-state index contributed by atoms with van der Waals surface area (Å²) in [6.45, 7) is 9.52. The number of anilines is 1. The molecule has 1 saturated carbocycles. The maximum atomic E-state index is 13.2. The summed E-state index contributed by atoms with van der Waals surface area (Å²) in [5.41, 5.74) is 1.66. The summed E-state index contributed by atoms with van der Waals surface area (Å²) in [5, 5.41) is 8.95. The minimum absolute atomic E-state index is 0.0116. The SMILES string of the molecule is C=Nc1c(/C=N\C2CCN([S+]([O-])CCCNCCOCCOCCOCCNc3cccc4c3C(=O)N(C(C=O)CCC(=O)NC)C4=O)CC2)ccc(=O)n1C1CCCC1. The first-order valence-electron chi connectivity index (χ1n) is 21.0. The number of hydrogen-bond donors (Lipinski definition) is 3. The highest BCUT2D eigenvalue weighted by molar-refractivity contribution is 7.89. The number of carbonyl (C=O) groups excluding carboxylic acids is 4. The maximum absolute atomic E-state index is 13.2. The second-order valence-corrected chi connectivity index (χ2v) is 16.4. The average Bonchev–Trinajstić information content (AvgIpc) is 3.89. The second kappa shape index (κ2) is 24.8. The van der Waals surface area contributed by atoms with E-state index in [1.165, 1.54) is 7.05 Å². The molecule has 3 heterocycles. The lowest BCUT2D eigenvalue weighted by Crippen LogP contribution is -2.41. The van der Waals surface area contributed by atoms with Crippen LogP contribution in [0.1, 0.15) is 90.1 Å². The normalized spacial score (nSPS) is 17.3. The predicted molar refractivity (Wildman–Crippen MR) is 231 cm³/mol. The lowest BCUT2D eigenvalue weighted by atomic mass is 10.1. The zero-order valence-corrected chi connectivity index (χ0v) is 35.5. The average molecular weight is 853 g/mol. The maximum Gasteiger partial charge on any atom is 0.264 e. The predicted octanol–water partition coefficient (Wildman–Crippen LogP) is 2.67. The fourth-order valence-electron chi connectivity index (χ4n) is 7.66. The molecule has 1 aliphatic carbocycles. The molecule has 17 nitrogen and oxygen atoms in total. The minimum atomic E-state index is -1.03. The first-order chi connectivity index (χ1) is 29.3. The molecule has 2 fully saturated rings. The third kappa shape index (κ3) is 13.1. The van der Waals surface area contributed by atoms with Crippen LogP contribution in [0.4, 0.5) is 11.5 Å². The van der Waals surface area contributed by atoms with Crippen LogP contribution in [0.2, 0.25) is 0 Å². The number of hydrogen-bond acceptors (Lipinski definition) is 14. The molecule has 5 rings (SSSR count). The molecule has 328 valence electrons. The number of benzene rings is 1. The van der Waals surface area contributed by atoms with E-state index in [4.69, 9.17) is 19.2 Å². The molecule has 2 unspecified atom stereocenters. The number of fused-ring (bicyclic) bond motifs is 1. The summed E-state index contributed by atoms with van der Waals surface area (Å²) >= 11 is -1.03. The molecule has 18 heteroatoms. The van der Waals surface area contributed by atoms with Crippen LogP contribution in [0.5, 0.6) is 0 Å². The molecule has 3 aliphatic rings. The highest BCUT2D eigenvalue weighted by Crippen LogP contribution is 2.33. The number of pyridine rings is 1. The lowest BCUT2D eigenvalue weighted by Gasteiger charge is -2.30. The number of aliphatic imine (C=N–C) groups is 2. The quantitative estimate of drug-likeness (QED) is 0.0390. The number of rotatable bonds is 27. The fraction of sp³-hybridized carbons (Fsp3) is 0.595. The van der Waals surface area contributed by atoms with E-state index in [9.17, 15) is 28.5 Å². The summed E-state index contributed by atoms with van der Waals surface area (Å²) in [6.07, 6.45) is 9.07. The van der Waals surface area contributed by atoms with E-state index in [1.807, 2.05) is 10.5 Å². The van der Waals surface area contributed by atoms with Gasteiger partial charge in [0.2, 0.25) is 5.91 Å². The number of piperidine rings is 1. The van der Waals surface area contributed by atoms with Crippen LogP contribution < -0.4 is 21.5 Å². The third-order valence-corrected chi connectivity index (χ3v) is 12.5. The number of imide groups is 1. The number of aldehydes is 1. The standard InChI is InChI=1S/C42H60N8O9S/c1-43-37(52)13-12-34(30-51)50-41(54)35-9-5-10-36(39(35)42(50)55)46-19-23-58-25-27-59-26-24-57-22-18-45-17-6-28-60(56)48-20-15-32(16-21-48)47-29-31-11-14-38(53)49(40(31)44-2)33-7-3-4-8-33/h5,9-11,14,29-30,32-34,45-46H,2-4,6-8,12-13,15-28H2,1H3,(H,43,52)/b47-29-. The third-order valence-electron chi connectivity index (χ3n) is 10.9. The number of nitrogens with zero attached hydrogens (tertiary/aromatic N) is 5. The zero-order chi connectivity index (χ0) is 42.7. The summed E-state index contributed by atoms with van der Waals surface area (Å²) < 4.78 is 33.6. The Balaban J connectivity index is 0.846. The van der Waals surface area contributed by atoms with E-state index in [-0.39, 0.29) is 47.5 Å². The van der Waals surface area contributed by atoms with Crippen molar-refractivity contribution in [2.24, 2.45) is 9.98 Å². The fourth-order valence-corrected chi connectivity index (χ4v) is 8.92. The molecule has 1 saturated heterocycles. The van der Waals surface area contributed by atoms with Gasteiger partial charge in [-0.2, -0.15) is 0 Å². The molecule has 0 bridgehead atoms. The Hall–Kier alpha value is -4.30. The molecule has 60 heavy (non-hydrogen) atoms. The largest absolute Gasteiger partial charge is 0.598 e. The van der Waals surface area contributed by atoms with Gasteiger partial charge in [0.1, 0.15) is 17.9 Å². The van der Waals surface area contributed by atoms with E-state index in [0.717, 1.165) is 75.0 Å². The lowest BCUT2D eigenvalue weighted by molar-refractivity contribution is -0.121. The highest BCUT2D eigenvalue weighted by Gasteiger charge is 2.41. The monoisotopic (exact) mass is 852 g/mol. The molecule has 0 spiro atoms. The van der Waals surface area contributed by atoms with Crippen LogP contribution in [0, 0.1) is 0 Å². The van der Waals surface area contributed by atoms with E-state index in [0.29, 0.717) is 76.3 Å². The number of aromatic nitrogens is 1. The Bertz CT molecular complexity index is 1830. The van der Waals surface area contributed by atoms with E-state index in [2.05, 4.69) is 27.7 Å². The van der Waals surface area contributed by atoms with Gasteiger partial charge >= 0.3 is 0 Å². The molecule has 2 aromatic rings. The summed E-state index contributed by atoms with van der Waals surface area (Å²) in [4.78, 5) is 72.1. The van der Waals surface area contributed by atoms with Gasteiger partial charge in [0, 0.05) is 87.0 Å². The Morgan fingerprint density at radius 2 is 1.65 bits per heavy atom. The van der Waals surface area contributed by atoms with E-state index < -0.39 is 29.2 Å². The van der Waals surface area contributed by atoms with Gasteiger partial charge in [-0.3, -0.25) is 33.6 Å². The van der Waals surface area contributed by atoms with Gasteiger partial charge < -0.3 is 39.5 Å². The van der Waals surface area contributed by atoms with Crippen molar-refractivity contribution in [1.82, 2.24) is 24.4 Å². The van der Waals surface area contributed by atoms with Gasteiger partial charge in [-0.15, -0.1) is 4.31 Å². The zero-order valence-electron chi connectivity index (χ0n) is 34.6. The van der Waals surface area contributed by atoms with Gasteiger partial charge in [-0.05, 0) is 63.6 Å². The molecule has 3 amide bonds. The number of ether oxygens (including phenoxy) is 3. The van der Waals surface area contributed by atoms with Crippen molar-refractivity contribution in [3.63, 3.8) is 0 Å². The number of amides is 3. The van der Waals surface area contributed by atoms with Gasteiger partial charge in [0.05, 0.1) is 62.9 Å². The van der Waals surface area contributed by atoms with E-state index in [1.54, 1.807) is 34.9 Å². The van der Waals surface area contributed by atoms with Crippen LogP contribution in [-0.2, 0) is 35.2 Å². The second-order valence-electron chi connectivity index (χ2n) is 14.9. The molecular weight excluding hydrogens is 793 g/mol. The van der Waals surface area contributed by atoms with Crippen molar-refractivity contribution < 1.29 is 37.9 Å². The molecular formula is C42H60N8O9S. The van der Waals surface area contributed by atoms with Crippen LogP contribution in [0.3, 0.4) is 0 Å².